The van der Waals surface area contributed by atoms with E-state index < -0.39 is 0 Å². The Hall–Kier alpha value is -1.02. The van der Waals surface area contributed by atoms with Crippen LogP contribution < -0.4 is 10.2 Å². The van der Waals surface area contributed by atoms with E-state index in [1.807, 2.05) is 7.05 Å². The average Bonchev–Trinajstić information content (AvgIpc) is 3.11. The van der Waals surface area contributed by atoms with Gasteiger partial charge in [-0.15, -0.1) is 0 Å². The molecule has 1 saturated carbocycles. The van der Waals surface area contributed by atoms with E-state index in [0.717, 1.165) is 18.5 Å². The summed E-state index contributed by atoms with van der Waals surface area (Å²) in [5.74, 6) is 0.958. The van der Waals surface area contributed by atoms with Crippen molar-refractivity contribution in [3.05, 3.63) is 29.8 Å². The second kappa shape index (κ2) is 5.96. The van der Waals surface area contributed by atoms with Crippen LogP contribution in [-0.2, 0) is 6.54 Å². The minimum Gasteiger partial charge on any atom is -0.368 e. The van der Waals surface area contributed by atoms with Crippen LogP contribution in [0.5, 0.6) is 0 Å². The molecule has 2 nitrogen and oxygen atoms in total. The third kappa shape index (κ3) is 2.79. The van der Waals surface area contributed by atoms with Gasteiger partial charge in [-0.1, -0.05) is 25.0 Å². The van der Waals surface area contributed by atoms with Gasteiger partial charge in [0.25, 0.3) is 0 Å². The number of nitrogens with one attached hydrogen (secondary N) is 1. The van der Waals surface area contributed by atoms with Crippen LogP contribution in [0.4, 0.5) is 5.69 Å². The van der Waals surface area contributed by atoms with E-state index in [1.54, 1.807) is 0 Å². The number of rotatable bonds is 4. The third-order valence-corrected chi connectivity index (χ3v) is 4.89. The van der Waals surface area contributed by atoms with Crippen molar-refractivity contribution in [1.29, 1.82) is 0 Å². The molecular weight excluding hydrogens is 232 g/mol. The van der Waals surface area contributed by atoms with Crippen molar-refractivity contribution in [3.63, 3.8) is 0 Å². The Morgan fingerprint density at radius 1 is 1.05 bits per heavy atom. The van der Waals surface area contributed by atoms with Gasteiger partial charge in [-0.2, -0.15) is 0 Å². The van der Waals surface area contributed by atoms with Gasteiger partial charge in [0.1, 0.15) is 0 Å². The first-order valence-corrected chi connectivity index (χ1v) is 7.88. The van der Waals surface area contributed by atoms with Gasteiger partial charge in [-0.3, -0.25) is 0 Å². The number of hydrogen-bond donors (Lipinski definition) is 1. The summed E-state index contributed by atoms with van der Waals surface area (Å²) in [6.45, 7) is 2.22. The van der Waals surface area contributed by atoms with Crippen LogP contribution in [0.25, 0.3) is 0 Å². The lowest BCUT2D eigenvalue weighted by atomic mass is 9.95. The molecule has 1 saturated heterocycles. The predicted molar refractivity (Wildman–Crippen MR) is 81.5 cm³/mol. The summed E-state index contributed by atoms with van der Waals surface area (Å²) in [6, 6.07) is 10.0. The highest BCUT2D eigenvalue weighted by molar-refractivity contribution is 5.49. The molecule has 1 aromatic rings. The van der Waals surface area contributed by atoms with Gasteiger partial charge in [0.15, 0.2) is 0 Å². The van der Waals surface area contributed by atoms with Crippen molar-refractivity contribution in [2.45, 2.75) is 51.1 Å². The Labute approximate surface area is 117 Å². The highest BCUT2D eigenvalue weighted by Gasteiger charge is 2.33. The Morgan fingerprint density at radius 3 is 2.47 bits per heavy atom. The van der Waals surface area contributed by atoms with Crippen LogP contribution in [0.3, 0.4) is 0 Å². The van der Waals surface area contributed by atoms with Crippen molar-refractivity contribution in [2.75, 3.05) is 18.5 Å². The molecule has 0 amide bonds. The molecule has 1 unspecified atom stereocenters. The molecule has 0 spiro atoms. The molecule has 1 N–H and O–H groups in total. The monoisotopic (exact) mass is 258 g/mol. The van der Waals surface area contributed by atoms with Crippen molar-refractivity contribution in [1.82, 2.24) is 5.32 Å². The predicted octanol–water partition coefficient (Wildman–Crippen LogP) is 3.57. The molecule has 1 aliphatic heterocycles. The summed E-state index contributed by atoms with van der Waals surface area (Å²) in [6.07, 6.45) is 8.60. The zero-order chi connectivity index (χ0) is 13.1. The summed E-state index contributed by atoms with van der Waals surface area (Å²) in [5, 5.41) is 3.21. The summed E-state index contributed by atoms with van der Waals surface area (Å²) in [5.41, 5.74) is 2.82. The van der Waals surface area contributed by atoms with E-state index in [1.165, 1.54) is 56.3 Å². The molecule has 0 aromatic heterocycles. The van der Waals surface area contributed by atoms with Crippen LogP contribution in [0.1, 0.15) is 44.1 Å². The van der Waals surface area contributed by atoms with Gasteiger partial charge in [0, 0.05) is 24.8 Å². The second-order valence-electron chi connectivity index (χ2n) is 6.14. The van der Waals surface area contributed by atoms with Crippen molar-refractivity contribution >= 4 is 5.69 Å². The summed E-state index contributed by atoms with van der Waals surface area (Å²) in [4.78, 5) is 2.68. The highest BCUT2D eigenvalue weighted by atomic mass is 15.2. The van der Waals surface area contributed by atoms with Gasteiger partial charge in [0.2, 0.25) is 0 Å². The van der Waals surface area contributed by atoms with Gasteiger partial charge in [-0.05, 0) is 56.3 Å². The molecule has 19 heavy (non-hydrogen) atoms. The molecule has 2 heteroatoms. The molecule has 2 aliphatic rings. The fraction of sp³-hybridized carbons (Fsp3) is 0.647. The largest absolute Gasteiger partial charge is 0.368 e. The molecule has 104 valence electrons. The fourth-order valence-corrected chi connectivity index (χ4v) is 3.95. The van der Waals surface area contributed by atoms with Gasteiger partial charge < -0.3 is 10.2 Å². The maximum atomic E-state index is 3.21. The molecule has 2 fully saturated rings. The molecule has 1 heterocycles. The standard InChI is InChI=1S/C17H26N2/c1-18-13-14-8-10-16(11-9-14)19-12-4-7-17(19)15-5-2-3-6-15/h8-11,15,17-18H,2-7,12-13H2,1H3. The lowest BCUT2D eigenvalue weighted by Crippen LogP contribution is -2.34. The maximum absolute atomic E-state index is 3.21. The minimum absolute atomic E-state index is 0.817. The summed E-state index contributed by atoms with van der Waals surface area (Å²) >= 11 is 0. The van der Waals surface area contributed by atoms with Gasteiger partial charge in [0.05, 0.1) is 0 Å². The summed E-state index contributed by atoms with van der Waals surface area (Å²) in [7, 11) is 2.00. The maximum Gasteiger partial charge on any atom is 0.0369 e. The smallest absolute Gasteiger partial charge is 0.0369 e. The Bertz CT molecular complexity index is 392. The van der Waals surface area contributed by atoms with E-state index >= 15 is 0 Å². The highest BCUT2D eigenvalue weighted by Crippen LogP contribution is 2.37. The normalized spacial score (nSPS) is 24.3. The quantitative estimate of drug-likeness (QED) is 0.888. The van der Waals surface area contributed by atoms with Crippen LogP contribution in [-0.4, -0.2) is 19.6 Å². The van der Waals surface area contributed by atoms with E-state index in [-0.39, 0.29) is 0 Å². The molecule has 0 bridgehead atoms. The SMILES string of the molecule is CNCc1ccc(N2CCCC2C2CCCC2)cc1. The molecular formula is C17H26N2. The number of anilines is 1. The van der Waals surface area contributed by atoms with E-state index in [4.69, 9.17) is 0 Å². The fourth-order valence-electron chi connectivity index (χ4n) is 3.95. The second-order valence-corrected chi connectivity index (χ2v) is 6.14. The van der Waals surface area contributed by atoms with Crippen molar-refractivity contribution in [2.24, 2.45) is 5.92 Å². The van der Waals surface area contributed by atoms with Crippen LogP contribution in [0.2, 0.25) is 0 Å². The topological polar surface area (TPSA) is 15.3 Å². The van der Waals surface area contributed by atoms with E-state index in [9.17, 15) is 0 Å². The lowest BCUT2D eigenvalue weighted by molar-refractivity contribution is 0.431. The van der Waals surface area contributed by atoms with E-state index in [0.29, 0.717) is 0 Å². The van der Waals surface area contributed by atoms with Crippen molar-refractivity contribution in [3.8, 4) is 0 Å². The summed E-state index contributed by atoms with van der Waals surface area (Å²) < 4.78 is 0. The number of nitrogens with zero attached hydrogens (tertiary/aromatic N) is 1. The van der Waals surface area contributed by atoms with Gasteiger partial charge >= 0.3 is 0 Å². The van der Waals surface area contributed by atoms with Crippen LogP contribution in [0.15, 0.2) is 24.3 Å². The Balaban J connectivity index is 1.72. The van der Waals surface area contributed by atoms with E-state index in [2.05, 4.69) is 34.5 Å². The molecule has 0 radical (unpaired) electrons. The number of benzene rings is 1. The zero-order valence-corrected chi connectivity index (χ0v) is 12.1. The first-order valence-electron chi connectivity index (χ1n) is 7.88. The Kier molecular flexibility index (Phi) is 4.07. The molecule has 3 rings (SSSR count). The first kappa shape index (κ1) is 13.0. The zero-order valence-electron chi connectivity index (χ0n) is 12.1. The van der Waals surface area contributed by atoms with Crippen LogP contribution in [0, 0.1) is 5.92 Å². The van der Waals surface area contributed by atoms with Crippen LogP contribution >= 0.6 is 0 Å². The Morgan fingerprint density at radius 2 is 1.79 bits per heavy atom. The molecule has 1 aliphatic carbocycles. The van der Waals surface area contributed by atoms with Crippen molar-refractivity contribution < 1.29 is 0 Å². The van der Waals surface area contributed by atoms with Gasteiger partial charge in [-0.25, -0.2) is 0 Å². The average molecular weight is 258 g/mol. The third-order valence-electron chi connectivity index (χ3n) is 4.89. The minimum atomic E-state index is 0.817. The molecule has 1 atom stereocenters. The number of hydrogen-bond acceptors (Lipinski definition) is 2. The first-order chi connectivity index (χ1) is 9.38. The molecule has 1 aromatic carbocycles. The lowest BCUT2D eigenvalue weighted by Gasteiger charge is -2.31.